The van der Waals surface area contributed by atoms with Gasteiger partial charge < -0.3 is 0 Å². The number of hydrogen-bond acceptors (Lipinski definition) is 5. The second kappa shape index (κ2) is 7.07. The molecule has 1 aromatic heterocycles. The number of rotatable bonds is 4. The lowest BCUT2D eigenvalue weighted by atomic mass is 10.2. The number of benzene rings is 2. The Bertz CT molecular complexity index is 1050. The Morgan fingerprint density at radius 1 is 1.16 bits per heavy atom. The van der Waals surface area contributed by atoms with Crippen LogP contribution in [-0.4, -0.2) is 25.6 Å². The molecule has 3 rings (SSSR count). The van der Waals surface area contributed by atoms with Crippen molar-refractivity contribution in [3.63, 3.8) is 0 Å². The number of thiazole rings is 1. The molecule has 0 saturated carbocycles. The summed E-state index contributed by atoms with van der Waals surface area (Å²) in [6.07, 6.45) is 1.08. The van der Waals surface area contributed by atoms with Crippen LogP contribution < -0.4 is 5.32 Å². The zero-order valence-corrected chi connectivity index (χ0v) is 16.3. The maximum absolute atomic E-state index is 12.5. The van der Waals surface area contributed by atoms with Gasteiger partial charge in [0.15, 0.2) is 15.0 Å². The quantitative estimate of drug-likeness (QED) is 0.663. The minimum atomic E-state index is -3.50. The average molecular weight is 437 g/mol. The van der Waals surface area contributed by atoms with Crippen LogP contribution in [0.5, 0.6) is 0 Å². The van der Waals surface area contributed by atoms with E-state index in [9.17, 15) is 13.2 Å². The lowest BCUT2D eigenvalue weighted by Crippen LogP contribution is -2.15. The van der Waals surface area contributed by atoms with Crippen molar-refractivity contribution in [2.75, 3.05) is 11.6 Å². The fourth-order valence-corrected chi connectivity index (χ4v) is 4.25. The maximum atomic E-state index is 12.5. The van der Waals surface area contributed by atoms with Crippen LogP contribution >= 0.6 is 27.3 Å². The van der Waals surface area contributed by atoms with Crippen molar-refractivity contribution < 1.29 is 13.2 Å². The van der Waals surface area contributed by atoms with Crippen molar-refractivity contribution >= 4 is 48.1 Å². The summed E-state index contributed by atoms with van der Waals surface area (Å²) in [5.74, 6) is -0.504. The van der Waals surface area contributed by atoms with Gasteiger partial charge in [0, 0.05) is 21.7 Å². The first-order valence-corrected chi connectivity index (χ1v) is 10.7. The van der Waals surface area contributed by atoms with E-state index >= 15 is 0 Å². The van der Waals surface area contributed by atoms with Crippen molar-refractivity contribution in [2.45, 2.75) is 4.90 Å². The average Bonchev–Trinajstić information content (AvgIpc) is 3.02. The zero-order chi connectivity index (χ0) is 18.0. The minimum Gasteiger partial charge on any atom is -0.298 e. The highest BCUT2D eigenvalue weighted by Crippen LogP contribution is 2.27. The molecule has 0 radical (unpaired) electrons. The number of aromatic nitrogens is 1. The molecular formula is C17H13BrN2O3S2. The number of hydrogen-bond donors (Lipinski definition) is 1. The van der Waals surface area contributed by atoms with Crippen LogP contribution in [0.15, 0.2) is 63.3 Å². The van der Waals surface area contributed by atoms with Crippen molar-refractivity contribution in [2.24, 2.45) is 0 Å². The van der Waals surface area contributed by atoms with Crippen LogP contribution in [0.1, 0.15) is 10.4 Å². The minimum absolute atomic E-state index is 0.00345. The molecule has 2 aromatic carbocycles. The lowest BCUT2D eigenvalue weighted by molar-refractivity contribution is 0.102. The number of amides is 1. The molecule has 8 heteroatoms. The Hall–Kier alpha value is -2.03. The third kappa shape index (κ3) is 4.15. The molecule has 1 heterocycles. The summed E-state index contributed by atoms with van der Waals surface area (Å²) in [6.45, 7) is 0. The van der Waals surface area contributed by atoms with Gasteiger partial charge in [-0.1, -0.05) is 40.2 Å². The molecule has 5 nitrogen and oxygen atoms in total. The van der Waals surface area contributed by atoms with Crippen LogP contribution in [0, 0.1) is 0 Å². The molecule has 0 fully saturated rings. The van der Waals surface area contributed by atoms with E-state index in [2.05, 4.69) is 26.2 Å². The molecule has 0 bridgehead atoms. The molecular weight excluding hydrogens is 424 g/mol. The number of anilines is 1. The molecule has 25 heavy (non-hydrogen) atoms. The van der Waals surface area contributed by atoms with Crippen molar-refractivity contribution in [3.05, 3.63) is 63.9 Å². The summed E-state index contributed by atoms with van der Waals surface area (Å²) < 4.78 is 24.6. The largest absolute Gasteiger partial charge is 0.298 e. The number of nitrogens with zero attached hydrogens (tertiary/aromatic N) is 1. The summed E-state index contributed by atoms with van der Waals surface area (Å²) >= 11 is 4.69. The first-order chi connectivity index (χ1) is 11.8. The normalized spacial score (nSPS) is 11.3. The van der Waals surface area contributed by atoms with E-state index in [1.54, 1.807) is 12.1 Å². The Labute approximate surface area is 157 Å². The standard InChI is InChI=1S/C17H13BrN2O3S2/c1-25(22,23)15-8-3-2-7-13(15)16(21)20-17-19-14(10-24-17)11-5-4-6-12(18)9-11/h2-10H,1H3,(H,19,20,21). The number of sulfone groups is 1. The maximum Gasteiger partial charge on any atom is 0.258 e. The smallest absolute Gasteiger partial charge is 0.258 e. The van der Waals surface area contributed by atoms with Gasteiger partial charge >= 0.3 is 0 Å². The first-order valence-electron chi connectivity index (χ1n) is 7.16. The van der Waals surface area contributed by atoms with E-state index in [-0.39, 0.29) is 10.5 Å². The Balaban J connectivity index is 1.86. The monoisotopic (exact) mass is 436 g/mol. The predicted molar refractivity (Wildman–Crippen MR) is 103 cm³/mol. The first kappa shape index (κ1) is 17.8. The number of halogens is 1. The molecule has 0 aliphatic heterocycles. The predicted octanol–water partition coefficient (Wildman–Crippen LogP) is 4.23. The van der Waals surface area contributed by atoms with Gasteiger partial charge in [-0.3, -0.25) is 10.1 Å². The number of carbonyl (C=O) groups excluding carboxylic acids is 1. The molecule has 0 aliphatic carbocycles. The van der Waals surface area contributed by atoms with E-state index in [1.807, 2.05) is 29.6 Å². The fraction of sp³-hybridized carbons (Fsp3) is 0.0588. The number of nitrogens with one attached hydrogen (secondary N) is 1. The van der Waals surface area contributed by atoms with Crippen molar-refractivity contribution in [1.82, 2.24) is 4.98 Å². The topological polar surface area (TPSA) is 76.1 Å². The van der Waals surface area contributed by atoms with Crippen LogP contribution in [0.3, 0.4) is 0 Å². The lowest BCUT2D eigenvalue weighted by Gasteiger charge is -2.07. The van der Waals surface area contributed by atoms with Crippen LogP contribution in [0.25, 0.3) is 11.3 Å². The third-order valence-corrected chi connectivity index (χ3v) is 5.78. The summed E-state index contributed by atoms with van der Waals surface area (Å²) in [7, 11) is -3.50. The van der Waals surface area contributed by atoms with E-state index in [1.165, 1.54) is 23.5 Å². The van der Waals surface area contributed by atoms with Crippen LogP contribution in [0.4, 0.5) is 5.13 Å². The molecule has 3 aromatic rings. The van der Waals surface area contributed by atoms with Crippen molar-refractivity contribution in [1.29, 1.82) is 0 Å². The molecule has 0 atom stereocenters. The summed E-state index contributed by atoms with van der Waals surface area (Å²) in [5.41, 5.74) is 1.75. The highest BCUT2D eigenvalue weighted by Gasteiger charge is 2.19. The zero-order valence-electron chi connectivity index (χ0n) is 13.1. The molecule has 1 N–H and O–H groups in total. The Kier molecular flexibility index (Phi) is 5.03. The second-order valence-electron chi connectivity index (χ2n) is 5.27. The Morgan fingerprint density at radius 3 is 2.64 bits per heavy atom. The van der Waals surface area contributed by atoms with E-state index in [4.69, 9.17) is 0 Å². The molecule has 128 valence electrons. The van der Waals surface area contributed by atoms with Gasteiger partial charge in [0.2, 0.25) is 0 Å². The summed E-state index contributed by atoms with van der Waals surface area (Å²) in [6, 6.07) is 13.8. The van der Waals surface area contributed by atoms with Gasteiger partial charge in [-0.25, -0.2) is 13.4 Å². The van der Waals surface area contributed by atoms with E-state index < -0.39 is 15.7 Å². The van der Waals surface area contributed by atoms with Gasteiger partial charge in [0.05, 0.1) is 16.2 Å². The second-order valence-corrected chi connectivity index (χ2v) is 9.03. The highest BCUT2D eigenvalue weighted by atomic mass is 79.9. The van der Waals surface area contributed by atoms with E-state index in [0.717, 1.165) is 22.0 Å². The third-order valence-electron chi connectivity index (χ3n) is 3.38. The van der Waals surface area contributed by atoms with Crippen LogP contribution in [0.2, 0.25) is 0 Å². The highest BCUT2D eigenvalue weighted by molar-refractivity contribution is 9.10. The molecule has 0 spiro atoms. The van der Waals surface area contributed by atoms with Gasteiger partial charge in [-0.2, -0.15) is 0 Å². The molecule has 0 aliphatic rings. The summed E-state index contributed by atoms with van der Waals surface area (Å²) in [5, 5.41) is 4.91. The molecule has 0 unspecified atom stereocenters. The summed E-state index contributed by atoms with van der Waals surface area (Å²) in [4.78, 5) is 16.9. The van der Waals surface area contributed by atoms with E-state index in [0.29, 0.717) is 5.13 Å². The van der Waals surface area contributed by atoms with Crippen molar-refractivity contribution in [3.8, 4) is 11.3 Å². The molecule has 0 saturated heterocycles. The van der Waals surface area contributed by atoms with Gasteiger partial charge in [0.1, 0.15) is 0 Å². The van der Waals surface area contributed by atoms with Crippen LogP contribution in [-0.2, 0) is 9.84 Å². The van der Waals surface area contributed by atoms with Gasteiger partial charge in [0.25, 0.3) is 5.91 Å². The van der Waals surface area contributed by atoms with Gasteiger partial charge in [-0.05, 0) is 24.3 Å². The number of carbonyl (C=O) groups is 1. The Morgan fingerprint density at radius 2 is 1.92 bits per heavy atom. The molecule has 1 amide bonds. The van der Waals surface area contributed by atoms with Gasteiger partial charge in [-0.15, -0.1) is 11.3 Å². The fourth-order valence-electron chi connectivity index (χ4n) is 2.25. The SMILES string of the molecule is CS(=O)(=O)c1ccccc1C(=O)Nc1nc(-c2cccc(Br)c2)cs1.